The zero-order valence-corrected chi connectivity index (χ0v) is 12.4. The molecule has 0 spiro atoms. The predicted octanol–water partition coefficient (Wildman–Crippen LogP) is 2.85. The third-order valence-electron chi connectivity index (χ3n) is 2.99. The van der Waals surface area contributed by atoms with E-state index in [0.717, 1.165) is 18.8 Å². The maximum Gasteiger partial charge on any atom is 0.119 e. The van der Waals surface area contributed by atoms with Crippen LogP contribution in [0.5, 0.6) is 5.75 Å². The first-order chi connectivity index (χ1) is 9.63. The molecule has 0 fully saturated rings. The summed E-state index contributed by atoms with van der Waals surface area (Å²) in [5, 5.41) is 3.51. The Bertz CT molecular complexity index is 491. The van der Waals surface area contributed by atoms with Gasteiger partial charge in [0.15, 0.2) is 0 Å². The van der Waals surface area contributed by atoms with Crippen molar-refractivity contribution in [3.8, 4) is 5.75 Å². The number of imidazole rings is 1. The summed E-state index contributed by atoms with van der Waals surface area (Å²) < 4.78 is 7.71. The smallest absolute Gasteiger partial charge is 0.119 e. The third kappa shape index (κ3) is 4.70. The average Bonchev–Trinajstić information content (AvgIpc) is 2.90. The molecule has 1 heterocycles. The number of hydrogen-bond acceptors (Lipinski definition) is 3. The molecule has 4 heteroatoms. The molecule has 1 unspecified atom stereocenters. The van der Waals surface area contributed by atoms with E-state index in [1.54, 1.807) is 6.20 Å². The second-order valence-electron chi connectivity index (χ2n) is 5.35. The predicted molar refractivity (Wildman–Crippen MR) is 80.7 cm³/mol. The van der Waals surface area contributed by atoms with Gasteiger partial charge in [0.1, 0.15) is 5.75 Å². The van der Waals surface area contributed by atoms with Gasteiger partial charge < -0.3 is 14.6 Å². The minimum Gasteiger partial charge on any atom is -0.491 e. The van der Waals surface area contributed by atoms with Crippen LogP contribution in [0.3, 0.4) is 0 Å². The second-order valence-corrected chi connectivity index (χ2v) is 5.35. The Balaban J connectivity index is 1.78. The van der Waals surface area contributed by atoms with Crippen LogP contribution in [0.2, 0.25) is 0 Å². The van der Waals surface area contributed by atoms with Gasteiger partial charge in [-0.1, -0.05) is 12.1 Å². The Hall–Kier alpha value is -1.81. The van der Waals surface area contributed by atoms with Gasteiger partial charge in [-0.15, -0.1) is 0 Å². The van der Waals surface area contributed by atoms with E-state index in [1.165, 1.54) is 5.56 Å². The topological polar surface area (TPSA) is 39.1 Å². The Labute approximate surface area is 120 Å². The van der Waals surface area contributed by atoms with Gasteiger partial charge in [0.2, 0.25) is 0 Å². The van der Waals surface area contributed by atoms with Crippen LogP contribution >= 0.6 is 0 Å². The summed E-state index contributed by atoms with van der Waals surface area (Å²) in [6.45, 7) is 8.03. The molecule has 2 rings (SSSR count). The van der Waals surface area contributed by atoms with Gasteiger partial charge in [0, 0.05) is 31.5 Å². The highest BCUT2D eigenvalue weighted by Gasteiger charge is 2.03. The first kappa shape index (κ1) is 14.6. The van der Waals surface area contributed by atoms with Gasteiger partial charge in [-0.25, -0.2) is 4.98 Å². The molecule has 0 saturated heterocycles. The van der Waals surface area contributed by atoms with Crippen molar-refractivity contribution in [1.82, 2.24) is 14.9 Å². The van der Waals surface area contributed by atoms with Crippen molar-refractivity contribution in [1.29, 1.82) is 0 Å². The van der Waals surface area contributed by atoms with E-state index in [9.17, 15) is 0 Å². The van der Waals surface area contributed by atoms with E-state index in [2.05, 4.69) is 33.9 Å². The van der Waals surface area contributed by atoms with Gasteiger partial charge in [0.05, 0.1) is 12.4 Å². The molecule has 0 saturated carbocycles. The summed E-state index contributed by atoms with van der Waals surface area (Å²) >= 11 is 0. The summed E-state index contributed by atoms with van der Waals surface area (Å²) in [6, 6.07) is 8.66. The molecule has 1 N–H and O–H groups in total. The molecule has 4 nitrogen and oxygen atoms in total. The van der Waals surface area contributed by atoms with E-state index in [0.29, 0.717) is 6.04 Å². The summed E-state index contributed by atoms with van der Waals surface area (Å²) in [4.78, 5) is 4.05. The average molecular weight is 273 g/mol. The molecule has 0 bridgehead atoms. The van der Waals surface area contributed by atoms with Crippen LogP contribution in [0, 0.1) is 0 Å². The molecule has 0 amide bonds. The Morgan fingerprint density at radius 1 is 1.20 bits per heavy atom. The molecular weight excluding hydrogens is 250 g/mol. The van der Waals surface area contributed by atoms with Crippen LogP contribution in [-0.2, 0) is 13.1 Å². The van der Waals surface area contributed by atoms with Crippen molar-refractivity contribution in [3.63, 3.8) is 0 Å². The van der Waals surface area contributed by atoms with E-state index in [1.807, 2.05) is 38.5 Å². The normalized spacial score (nSPS) is 12.6. The van der Waals surface area contributed by atoms with Crippen molar-refractivity contribution in [2.75, 3.05) is 0 Å². The van der Waals surface area contributed by atoms with Crippen molar-refractivity contribution in [2.45, 2.75) is 46.0 Å². The fourth-order valence-electron chi connectivity index (χ4n) is 2.03. The molecule has 0 aliphatic carbocycles. The molecule has 1 aromatic carbocycles. The largest absolute Gasteiger partial charge is 0.491 e. The van der Waals surface area contributed by atoms with Crippen molar-refractivity contribution in [3.05, 3.63) is 48.5 Å². The number of hydrogen-bond donors (Lipinski definition) is 1. The number of aromatic nitrogens is 2. The van der Waals surface area contributed by atoms with Gasteiger partial charge in [-0.2, -0.15) is 0 Å². The lowest BCUT2D eigenvalue weighted by atomic mass is 10.2. The number of benzene rings is 1. The first-order valence-corrected chi connectivity index (χ1v) is 7.08. The highest BCUT2D eigenvalue weighted by Crippen LogP contribution is 2.13. The highest BCUT2D eigenvalue weighted by atomic mass is 16.5. The number of nitrogens with zero attached hydrogens (tertiary/aromatic N) is 2. The fraction of sp³-hybridized carbons (Fsp3) is 0.438. The fourth-order valence-corrected chi connectivity index (χ4v) is 2.03. The van der Waals surface area contributed by atoms with Crippen molar-refractivity contribution < 1.29 is 4.74 Å². The van der Waals surface area contributed by atoms with Crippen LogP contribution in [0.15, 0.2) is 43.0 Å². The number of rotatable bonds is 7. The van der Waals surface area contributed by atoms with E-state index < -0.39 is 0 Å². The Morgan fingerprint density at radius 2 is 1.95 bits per heavy atom. The van der Waals surface area contributed by atoms with Crippen molar-refractivity contribution in [2.24, 2.45) is 0 Å². The summed E-state index contributed by atoms with van der Waals surface area (Å²) in [7, 11) is 0. The Kier molecular flexibility index (Phi) is 5.18. The second kappa shape index (κ2) is 7.10. The van der Waals surface area contributed by atoms with Crippen LogP contribution in [0.25, 0.3) is 0 Å². The van der Waals surface area contributed by atoms with Crippen LogP contribution in [0.4, 0.5) is 0 Å². The lowest BCUT2D eigenvalue weighted by Crippen LogP contribution is -2.29. The molecular formula is C16H23N3O. The van der Waals surface area contributed by atoms with Gasteiger partial charge in [-0.05, 0) is 38.5 Å². The standard InChI is InChI=1S/C16H23N3O/c1-13(2)20-16-6-4-15(5-7-16)10-18-14(3)11-19-9-8-17-12-19/h4-9,12-14,18H,10-11H2,1-3H3. The van der Waals surface area contributed by atoms with Gasteiger partial charge in [0.25, 0.3) is 0 Å². The molecule has 0 aliphatic rings. The molecule has 0 aliphatic heterocycles. The summed E-state index contributed by atoms with van der Waals surface area (Å²) in [5.74, 6) is 0.926. The molecule has 1 aromatic heterocycles. The quantitative estimate of drug-likeness (QED) is 0.843. The van der Waals surface area contributed by atoms with E-state index in [-0.39, 0.29) is 6.10 Å². The van der Waals surface area contributed by atoms with Crippen LogP contribution < -0.4 is 10.1 Å². The van der Waals surface area contributed by atoms with E-state index in [4.69, 9.17) is 4.74 Å². The van der Waals surface area contributed by atoms with Crippen LogP contribution in [0.1, 0.15) is 26.3 Å². The maximum atomic E-state index is 5.63. The molecule has 2 aromatic rings. The van der Waals surface area contributed by atoms with Gasteiger partial charge in [-0.3, -0.25) is 0 Å². The molecule has 20 heavy (non-hydrogen) atoms. The molecule has 1 atom stereocenters. The maximum absolute atomic E-state index is 5.63. The molecule has 108 valence electrons. The summed E-state index contributed by atoms with van der Waals surface area (Å²) in [5.41, 5.74) is 1.26. The van der Waals surface area contributed by atoms with Gasteiger partial charge >= 0.3 is 0 Å². The monoisotopic (exact) mass is 273 g/mol. The number of ether oxygens (including phenoxy) is 1. The third-order valence-corrected chi connectivity index (χ3v) is 2.99. The number of nitrogens with one attached hydrogen (secondary N) is 1. The first-order valence-electron chi connectivity index (χ1n) is 7.08. The Morgan fingerprint density at radius 3 is 2.55 bits per heavy atom. The van der Waals surface area contributed by atoms with Crippen LogP contribution in [-0.4, -0.2) is 21.7 Å². The lowest BCUT2D eigenvalue weighted by Gasteiger charge is -2.15. The highest BCUT2D eigenvalue weighted by molar-refractivity contribution is 5.27. The zero-order chi connectivity index (χ0) is 14.4. The minimum atomic E-state index is 0.217. The summed E-state index contributed by atoms with van der Waals surface area (Å²) in [6.07, 6.45) is 5.85. The SMILES string of the molecule is CC(Cn1ccnc1)NCc1ccc(OC(C)C)cc1. The zero-order valence-electron chi connectivity index (χ0n) is 12.4. The lowest BCUT2D eigenvalue weighted by molar-refractivity contribution is 0.242. The minimum absolute atomic E-state index is 0.217. The van der Waals surface area contributed by atoms with E-state index >= 15 is 0 Å². The molecule has 0 radical (unpaired) electrons. The van der Waals surface area contributed by atoms with Crippen molar-refractivity contribution >= 4 is 0 Å².